The monoisotopic (exact) mass is 336 g/mol. The number of benzene rings is 1. The third-order valence-electron chi connectivity index (χ3n) is 4.07. The Morgan fingerprint density at radius 3 is 2.83 bits per heavy atom. The Labute approximate surface area is 138 Å². The fourth-order valence-electron chi connectivity index (χ4n) is 2.89. The molecule has 3 rings (SSSR count). The number of rotatable bonds is 3. The van der Waals surface area contributed by atoms with Gasteiger partial charge in [0.05, 0.1) is 5.56 Å². The van der Waals surface area contributed by atoms with E-state index in [1.807, 2.05) is 6.07 Å². The Hall–Kier alpha value is -2.31. The maximum atomic E-state index is 12.8. The molecule has 1 N–H and O–H groups in total. The second-order valence-corrected chi connectivity index (χ2v) is 6.14. The maximum Gasteiger partial charge on any atom is 0.416 e. The van der Waals surface area contributed by atoms with Gasteiger partial charge in [0.1, 0.15) is 5.82 Å². The molecule has 1 aliphatic rings. The van der Waals surface area contributed by atoms with E-state index < -0.39 is 11.7 Å². The Balaban J connectivity index is 1.77. The molecule has 128 valence electrons. The Morgan fingerprint density at radius 2 is 2.08 bits per heavy atom. The van der Waals surface area contributed by atoms with Gasteiger partial charge in [-0.05, 0) is 43.0 Å². The summed E-state index contributed by atoms with van der Waals surface area (Å²) in [6, 6.07) is 6.85. The molecule has 2 heterocycles. The lowest BCUT2D eigenvalue weighted by Gasteiger charge is -2.31. The van der Waals surface area contributed by atoms with Gasteiger partial charge in [-0.3, -0.25) is 0 Å². The zero-order chi connectivity index (χ0) is 17.2. The molecule has 24 heavy (non-hydrogen) atoms. The van der Waals surface area contributed by atoms with Crippen LogP contribution in [0.5, 0.6) is 0 Å². The van der Waals surface area contributed by atoms with Gasteiger partial charge < -0.3 is 10.2 Å². The molecule has 0 aliphatic carbocycles. The van der Waals surface area contributed by atoms with Crippen LogP contribution in [0.1, 0.15) is 25.3 Å². The van der Waals surface area contributed by atoms with Crippen molar-refractivity contribution >= 4 is 17.5 Å². The van der Waals surface area contributed by atoms with Gasteiger partial charge in [0.15, 0.2) is 0 Å². The fraction of sp³-hybridized carbons (Fsp3) is 0.412. The topological polar surface area (TPSA) is 41.1 Å². The van der Waals surface area contributed by atoms with Crippen LogP contribution in [0.2, 0.25) is 0 Å². The van der Waals surface area contributed by atoms with E-state index in [1.165, 1.54) is 12.5 Å². The molecular weight excluding hydrogens is 317 g/mol. The van der Waals surface area contributed by atoms with Crippen LogP contribution >= 0.6 is 0 Å². The minimum absolute atomic E-state index is 0.296. The van der Waals surface area contributed by atoms with Crippen LogP contribution in [-0.2, 0) is 6.18 Å². The van der Waals surface area contributed by atoms with Crippen LogP contribution in [0.25, 0.3) is 0 Å². The molecule has 7 heteroatoms. The van der Waals surface area contributed by atoms with Gasteiger partial charge in [0, 0.05) is 25.0 Å². The summed E-state index contributed by atoms with van der Waals surface area (Å²) < 4.78 is 38.4. The van der Waals surface area contributed by atoms with Gasteiger partial charge in [0.25, 0.3) is 0 Å². The highest BCUT2D eigenvalue weighted by Crippen LogP contribution is 2.31. The molecule has 0 saturated carbocycles. The van der Waals surface area contributed by atoms with Crippen LogP contribution < -0.4 is 10.2 Å². The number of anilines is 3. The lowest BCUT2D eigenvalue weighted by atomic mass is 10.0. The summed E-state index contributed by atoms with van der Waals surface area (Å²) in [6.07, 6.45) is -0.430. The van der Waals surface area contributed by atoms with E-state index in [0.717, 1.165) is 37.5 Å². The summed E-state index contributed by atoms with van der Waals surface area (Å²) in [5, 5.41) is 2.86. The van der Waals surface area contributed by atoms with Crippen molar-refractivity contribution in [3.8, 4) is 0 Å². The first kappa shape index (κ1) is 16.5. The molecule has 2 aromatic rings. The van der Waals surface area contributed by atoms with Crippen molar-refractivity contribution < 1.29 is 13.2 Å². The number of alkyl halides is 3. The molecule has 0 bridgehead atoms. The van der Waals surface area contributed by atoms with Crippen LogP contribution in [0.4, 0.5) is 30.6 Å². The van der Waals surface area contributed by atoms with Gasteiger partial charge in [0.2, 0.25) is 5.95 Å². The highest BCUT2D eigenvalue weighted by Gasteiger charge is 2.30. The molecule has 1 fully saturated rings. The first-order valence-corrected chi connectivity index (χ1v) is 7.94. The van der Waals surface area contributed by atoms with E-state index in [2.05, 4.69) is 27.1 Å². The highest BCUT2D eigenvalue weighted by atomic mass is 19.4. The Morgan fingerprint density at radius 1 is 1.25 bits per heavy atom. The summed E-state index contributed by atoms with van der Waals surface area (Å²) in [5.74, 6) is 1.70. The Kier molecular flexibility index (Phi) is 4.59. The highest BCUT2D eigenvalue weighted by molar-refractivity contribution is 5.56. The molecule has 0 amide bonds. The molecule has 0 radical (unpaired) electrons. The third kappa shape index (κ3) is 3.96. The number of nitrogens with zero attached hydrogens (tertiary/aromatic N) is 3. The molecule has 1 aromatic carbocycles. The molecule has 1 atom stereocenters. The van der Waals surface area contributed by atoms with Crippen molar-refractivity contribution in [1.29, 1.82) is 0 Å². The second-order valence-electron chi connectivity index (χ2n) is 6.14. The van der Waals surface area contributed by atoms with Crippen molar-refractivity contribution in [2.45, 2.75) is 25.9 Å². The summed E-state index contributed by atoms with van der Waals surface area (Å²) in [4.78, 5) is 10.7. The van der Waals surface area contributed by atoms with Crippen LogP contribution in [-0.4, -0.2) is 23.1 Å². The largest absolute Gasteiger partial charge is 0.416 e. The second kappa shape index (κ2) is 6.67. The molecule has 4 nitrogen and oxygen atoms in total. The summed E-state index contributed by atoms with van der Waals surface area (Å²) >= 11 is 0. The van der Waals surface area contributed by atoms with Crippen LogP contribution in [0.15, 0.2) is 36.5 Å². The fourth-order valence-corrected chi connectivity index (χ4v) is 2.89. The normalized spacial score (nSPS) is 18.5. The van der Waals surface area contributed by atoms with E-state index >= 15 is 0 Å². The molecule has 1 aliphatic heterocycles. The predicted molar refractivity (Wildman–Crippen MR) is 87.4 cm³/mol. The van der Waals surface area contributed by atoms with Crippen molar-refractivity contribution in [3.63, 3.8) is 0 Å². The minimum Gasteiger partial charge on any atom is -0.356 e. The number of hydrogen-bond acceptors (Lipinski definition) is 4. The lowest BCUT2D eigenvalue weighted by molar-refractivity contribution is -0.137. The van der Waals surface area contributed by atoms with E-state index in [1.54, 1.807) is 12.3 Å². The summed E-state index contributed by atoms with van der Waals surface area (Å²) in [5.41, 5.74) is -0.387. The molecule has 1 aromatic heterocycles. The third-order valence-corrected chi connectivity index (χ3v) is 4.07. The van der Waals surface area contributed by atoms with Crippen LogP contribution in [0.3, 0.4) is 0 Å². The standard InChI is InChI=1S/C17H19F3N4/c1-12-4-3-9-24(11-12)15-7-8-21-16(23-15)22-14-6-2-5-13(10-14)17(18,19)20/h2,5-8,10,12H,3-4,9,11H2,1H3,(H,21,22,23). The summed E-state index contributed by atoms with van der Waals surface area (Å²) in [7, 11) is 0. The van der Waals surface area contributed by atoms with Crippen LogP contribution in [0, 0.1) is 5.92 Å². The summed E-state index contributed by atoms with van der Waals surface area (Å²) in [6.45, 7) is 4.07. The zero-order valence-electron chi connectivity index (χ0n) is 13.3. The zero-order valence-corrected chi connectivity index (χ0v) is 13.3. The average Bonchev–Trinajstić information content (AvgIpc) is 2.55. The number of piperidine rings is 1. The van der Waals surface area contributed by atoms with Gasteiger partial charge in [-0.25, -0.2) is 4.98 Å². The van der Waals surface area contributed by atoms with Crippen molar-refractivity contribution in [1.82, 2.24) is 9.97 Å². The van der Waals surface area contributed by atoms with E-state index in [9.17, 15) is 13.2 Å². The quantitative estimate of drug-likeness (QED) is 0.897. The number of hydrogen-bond donors (Lipinski definition) is 1. The van der Waals surface area contributed by atoms with Crippen molar-refractivity contribution in [2.75, 3.05) is 23.3 Å². The van der Waals surface area contributed by atoms with Crippen molar-refractivity contribution in [3.05, 3.63) is 42.1 Å². The van der Waals surface area contributed by atoms with E-state index in [-0.39, 0.29) is 0 Å². The average molecular weight is 336 g/mol. The maximum absolute atomic E-state index is 12.8. The van der Waals surface area contributed by atoms with Gasteiger partial charge >= 0.3 is 6.18 Å². The van der Waals surface area contributed by atoms with Crippen molar-refractivity contribution in [2.24, 2.45) is 5.92 Å². The number of nitrogens with one attached hydrogen (secondary N) is 1. The van der Waals surface area contributed by atoms with Gasteiger partial charge in [-0.1, -0.05) is 13.0 Å². The number of aromatic nitrogens is 2. The first-order chi connectivity index (χ1) is 11.4. The van der Waals surface area contributed by atoms with Gasteiger partial charge in [-0.15, -0.1) is 0 Å². The lowest BCUT2D eigenvalue weighted by Crippen LogP contribution is -2.34. The molecule has 1 unspecified atom stereocenters. The molecule has 0 spiro atoms. The minimum atomic E-state index is -4.37. The predicted octanol–water partition coefficient (Wildman–Crippen LogP) is 4.48. The SMILES string of the molecule is CC1CCCN(c2ccnc(Nc3cccc(C(F)(F)F)c3)n2)C1. The van der Waals surface area contributed by atoms with E-state index in [4.69, 9.17) is 0 Å². The smallest absolute Gasteiger partial charge is 0.356 e. The number of halogens is 3. The Bertz CT molecular complexity index is 702. The van der Waals surface area contributed by atoms with Gasteiger partial charge in [-0.2, -0.15) is 18.2 Å². The first-order valence-electron chi connectivity index (χ1n) is 7.94. The molecule has 1 saturated heterocycles. The molecular formula is C17H19F3N4. The van der Waals surface area contributed by atoms with E-state index in [0.29, 0.717) is 17.6 Å².